The molecular weight excluding hydrogens is 270 g/mol. The summed E-state index contributed by atoms with van der Waals surface area (Å²) in [6, 6.07) is 6.57. The van der Waals surface area contributed by atoms with E-state index in [0.717, 1.165) is 0 Å². The van der Waals surface area contributed by atoms with Crippen LogP contribution in [0.15, 0.2) is 24.3 Å². The maximum absolute atomic E-state index is 12.1. The first-order valence-electron chi connectivity index (χ1n) is 7.08. The number of amides is 4. The van der Waals surface area contributed by atoms with Crippen LogP contribution in [0.25, 0.3) is 0 Å². The maximum atomic E-state index is 12.1. The van der Waals surface area contributed by atoms with Crippen LogP contribution in [0.1, 0.15) is 34.6 Å². The molecule has 0 bridgehead atoms. The fraction of sp³-hybridized carbons (Fsp3) is 0.400. The topological polar surface area (TPSA) is 69.7 Å². The van der Waals surface area contributed by atoms with Crippen molar-refractivity contribution >= 4 is 17.8 Å². The number of hydrogen-bond donors (Lipinski definition) is 1. The normalized spacial score (nSPS) is 13.3. The van der Waals surface area contributed by atoms with Gasteiger partial charge >= 0.3 is 6.03 Å². The Labute approximate surface area is 123 Å². The van der Waals surface area contributed by atoms with Crippen LogP contribution in [0.5, 0.6) is 0 Å². The van der Waals surface area contributed by atoms with Crippen molar-refractivity contribution in [3.63, 3.8) is 0 Å². The van der Waals surface area contributed by atoms with E-state index in [1.54, 1.807) is 29.2 Å². The van der Waals surface area contributed by atoms with E-state index in [1.807, 2.05) is 13.8 Å². The molecule has 6 heteroatoms. The van der Waals surface area contributed by atoms with Crippen LogP contribution in [0, 0.1) is 0 Å². The Kier molecular flexibility index (Phi) is 4.57. The molecule has 1 aromatic rings. The van der Waals surface area contributed by atoms with Crippen LogP contribution >= 0.6 is 0 Å². The molecule has 0 saturated heterocycles. The van der Waals surface area contributed by atoms with Crippen LogP contribution in [-0.2, 0) is 0 Å². The van der Waals surface area contributed by atoms with Crippen LogP contribution < -0.4 is 5.32 Å². The van der Waals surface area contributed by atoms with E-state index in [9.17, 15) is 14.4 Å². The quantitative estimate of drug-likeness (QED) is 0.831. The van der Waals surface area contributed by atoms with Gasteiger partial charge in [0.1, 0.15) is 0 Å². The molecule has 1 aromatic carbocycles. The lowest BCUT2D eigenvalue weighted by molar-refractivity contribution is 0.0655. The molecule has 112 valence electrons. The summed E-state index contributed by atoms with van der Waals surface area (Å²) in [4.78, 5) is 38.8. The van der Waals surface area contributed by atoms with Gasteiger partial charge in [0.25, 0.3) is 11.8 Å². The number of rotatable bonds is 5. The fourth-order valence-corrected chi connectivity index (χ4v) is 2.34. The van der Waals surface area contributed by atoms with Crippen LogP contribution in [0.4, 0.5) is 4.79 Å². The van der Waals surface area contributed by atoms with Gasteiger partial charge in [0.15, 0.2) is 0 Å². The summed E-state index contributed by atoms with van der Waals surface area (Å²) in [6.07, 6.45) is 0. The Bertz CT molecular complexity index is 532. The van der Waals surface area contributed by atoms with Crippen molar-refractivity contribution in [2.24, 2.45) is 0 Å². The fourth-order valence-electron chi connectivity index (χ4n) is 2.34. The SMILES string of the molecule is CCN(CC)C(=O)NCCN1C(=O)c2ccccc2C1=O. The van der Waals surface area contributed by atoms with Gasteiger partial charge in [0.05, 0.1) is 11.1 Å². The second-order valence-corrected chi connectivity index (χ2v) is 4.71. The first-order valence-corrected chi connectivity index (χ1v) is 7.08. The molecule has 2 rings (SSSR count). The second kappa shape index (κ2) is 6.39. The van der Waals surface area contributed by atoms with Crippen LogP contribution in [0.3, 0.4) is 0 Å². The molecule has 0 fully saturated rings. The Morgan fingerprint density at radius 2 is 1.62 bits per heavy atom. The molecule has 1 aliphatic rings. The van der Waals surface area contributed by atoms with Gasteiger partial charge in [-0.05, 0) is 26.0 Å². The summed E-state index contributed by atoms with van der Waals surface area (Å²) in [6.45, 7) is 5.46. The lowest BCUT2D eigenvalue weighted by atomic mass is 10.1. The number of hydrogen-bond acceptors (Lipinski definition) is 3. The Morgan fingerprint density at radius 3 is 2.10 bits per heavy atom. The minimum atomic E-state index is -0.298. The summed E-state index contributed by atoms with van der Waals surface area (Å²) in [7, 11) is 0. The first-order chi connectivity index (χ1) is 10.1. The Hall–Kier alpha value is -2.37. The Balaban J connectivity index is 1.93. The minimum Gasteiger partial charge on any atom is -0.336 e. The van der Waals surface area contributed by atoms with Gasteiger partial charge in [-0.1, -0.05) is 12.1 Å². The molecule has 1 N–H and O–H groups in total. The van der Waals surface area contributed by atoms with Crippen molar-refractivity contribution in [1.82, 2.24) is 15.1 Å². The number of carbonyl (C=O) groups excluding carboxylic acids is 3. The number of carbonyl (C=O) groups is 3. The molecule has 1 heterocycles. The molecule has 21 heavy (non-hydrogen) atoms. The third-order valence-corrected chi connectivity index (χ3v) is 3.54. The monoisotopic (exact) mass is 289 g/mol. The van der Waals surface area contributed by atoms with E-state index in [4.69, 9.17) is 0 Å². The van der Waals surface area contributed by atoms with Crippen LogP contribution in [0.2, 0.25) is 0 Å². The van der Waals surface area contributed by atoms with E-state index in [-0.39, 0.29) is 30.9 Å². The highest BCUT2D eigenvalue weighted by molar-refractivity contribution is 6.21. The molecule has 0 saturated carbocycles. The zero-order chi connectivity index (χ0) is 15.4. The molecule has 0 aromatic heterocycles. The molecule has 0 spiro atoms. The van der Waals surface area contributed by atoms with Crippen molar-refractivity contribution in [2.45, 2.75) is 13.8 Å². The molecule has 1 aliphatic heterocycles. The number of nitrogens with one attached hydrogen (secondary N) is 1. The zero-order valence-corrected chi connectivity index (χ0v) is 12.3. The number of benzene rings is 1. The van der Waals surface area contributed by atoms with Crippen molar-refractivity contribution in [3.8, 4) is 0 Å². The highest BCUT2D eigenvalue weighted by Crippen LogP contribution is 2.21. The molecular formula is C15H19N3O3. The smallest absolute Gasteiger partial charge is 0.317 e. The van der Waals surface area contributed by atoms with E-state index in [0.29, 0.717) is 24.2 Å². The lowest BCUT2D eigenvalue weighted by Gasteiger charge is -2.20. The number of fused-ring (bicyclic) bond motifs is 1. The summed E-state index contributed by atoms with van der Waals surface area (Å²) >= 11 is 0. The van der Waals surface area contributed by atoms with E-state index in [1.165, 1.54) is 4.90 Å². The third kappa shape index (κ3) is 2.89. The lowest BCUT2D eigenvalue weighted by Crippen LogP contribution is -2.44. The van der Waals surface area contributed by atoms with E-state index >= 15 is 0 Å². The van der Waals surface area contributed by atoms with Gasteiger partial charge < -0.3 is 10.2 Å². The van der Waals surface area contributed by atoms with E-state index in [2.05, 4.69) is 5.32 Å². The summed E-state index contributed by atoms with van der Waals surface area (Å²) in [5.74, 6) is -0.597. The summed E-state index contributed by atoms with van der Waals surface area (Å²) in [5.41, 5.74) is 0.857. The van der Waals surface area contributed by atoms with Gasteiger partial charge in [-0.3, -0.25) is 14.5 Å². The first kappa shape index (κ1) is 15.0. The van der Waals surface area contributed by atoms with E-state index < -0.39 is 0 Å². The van der Waals surface area contributed by atoms with Crippen molar-refractivity contribution in [2.75, 3.05) is 26.2 Å². The predicted octanol–water partition coefficient (Wildman–Crippen LogP) is 1.33. The average molecular weight is 289 g/mol. The Morgan fingerprint density at radius 1 is 1.10 bits per heavy atom. The summed E-state index contributed by atoms with van der Waals surface area (Å²) < 4.78 is 0. The predicted molar refractivity (Wildman–Crippen MR) is 78.1 cm³/mol. The molecule has 0 unspecified atom stereocenters. The van der Waals surface area contributed by atoms with Gasteiger partial charge in [-0.2, -0.15) is 0 Å². The number of nitrogens with zero attached hydrogens (tertiary/aromatic N) is 2. The van der Waals surface area contributed by atoms with Crippen molar-refractivity contribution in [3.05, 3.63) is 35.4 Å². The molecule has 4 amide bonds. The maximum Gasteiger partial charge on any atom is 0.317 e. The number of urea groups is 1. The largest absolute Gasteiger partial charge is 0.336 e. The molecule has 6 nitrogen and oxygen atoms in total. The standard InChI is InChI=1S/C15H19N3O3/c1-3-17(4-2)15(21)16-9-10-18-13(19)11-7-5-6-8-12(11)14(18)20/h5-8H,3-4,9-10H2,1-2H3,(H,16,21). The van der Waals surface area contributed by atoms with Gasteiger partial charge in [-0.25, -0.2) is 4.79 Å². The minimum absolute atomic E-state index is 0.180. The van der Waals surface area contributed by atoms with Gasteiger partial charge in [0, 0.05) is 26.2 Å². The highest BCUT2D eigenvalue weighted by atomic mass is 16.2. The zero-order valence-electron chi connectivity index (χ0n) is 12.3. The summed E-state index contributed by atoms with van der Waals surface area (Å²) in [5, 5.41) is 2.72. The molecule has 0 radical (unpaired) electrons. The number of imide groups is 1. The van der Waals surface area contributed by atoms with Crippen LogP contribution in [-0.4, -0.2) is 53.8 Å². The molecule has 0 aliphatic carbocycles. The van der Waals surface area contributed by atoms with Gasteiger partial charge in [-0.15, -0.1) is 0 Å². The second-order valence-electron chi connectivity index (χ2n) is 4.71. The average Bonchev–Trinajstić information content (AvgIpc) is 2.74. The van der Waals surface area contributed by atoms with Gasteiger partial charge in [0.2, 0.25) is 0 Å². The van der Waals surface area contributed by atoms with Crippen molar-refractivity contribution in [1.29, 1.82) is 0 Å². The molecule has 0 atom stereocenters. The highest BCUT2D eigenvalue weighted by Gasteiger charge is 2.34. The third-order valence-electron chi connectivity index (χ3n) is 3.54. The van der Waals surface area contributed by atoms with Crippen molar-refractivity contribution < 1.29 is 14.4 Å².